The maximum Gasteiger partial charge on any atom is 0.261 e. The van der Waals surface area contributed by atoms with Crippen molar-refractivity contribution in [2.24, 2.45) is 11.8 Å². The third kappa shape index (κ3) is 7.28. The van der Waals surface area contributed by atoms with Crippen LogP contribution in [0, 0.1) is 24.6 Å². The van der Waals surface area contributed by atoms with Gasteiger partial charge < -0.3 is 10.2 Å². The molecular formula is C36H44F3N3O2. The fraction of sp³-hybridized carbons (Fsp3) is 0.500. The smallest absolute Gasteiger partial charge is 0.261 e. The number of carbonyl (C=O) groups excluding carboxylic acids is 2. The molecule has 1 N–H and O–H groups in total. The number of likely N-dealkylation sites (tertiary alicyclic amines) is 2. The number of aryl methyl sites for hydroxylation is 1. The van der Waals surface area contributed by atoms with E-state index in [-0.39, 0.29) is 35.8 Å². The lowest BCUT2D eigenvalue weighted by atomic mass is 9.76. The van der Waals surface area contributed by atoms with Gasteiger partial charge in [-0.25, -0.2) is 13.2 Å². The molecule has 2 aliphatic heterocycles. The number of piperidine rings is 1. The van der Waals surface area contributed by atoms with Crippen LogP contribution in [0.4, 0.5) is 18.9 Å². The van der Waals surface area contributed by atoms with Gasteiger partial charge in [-0.3, -0.25) is 14.5 Å². The Morgan fingerprint density at radius 3 is 2.52 bits per heavy atom. The van der Waals surface area contributed by atoms with Crippen LogP contribution in [0.3, 0.4) is 0 Å². The van der Waals surface area contributed by atoms with Gasteiger partial charge in [0.25, 0.3) is 11.8 Å². The number of anilines is 1. The van der Waals surface area contributed by atoms with E-state index in [1.165, 1.54) is 6.07 Å². The van der Waals surface area contributed by atoms with Crippen molar-refractivity contribution in [1.82, 2.24) is 9.80 Å². The summed E-state index contributed by atoms with van der Waals surface area (Å²) in [6.07, 6.45) is 8.58. The summed E-state index contributed by atoms with van der Waals surface area (Å²) in [7, 11) is 0. The van der Waals surface area contributed by atoms with Crippen LogP contribution in [0.25, 0.3) is 0 Å². The molecule has 8 heteroatoms. The first-order valence-electron chi connectivity index (χ1n) is 15.8. The first-order chi connectivity index (χ1) is 20.8. The van der Waals surface area contributed by atoms with E-state index in [1.807, 2.05) is 30.3 Å². The van der Waals surface area contributed by atoms with Gasteiger partial charge in [-0.05, 0) is 67.3 Å². The Balaban J connectivity index is 1.38. The molecule has 0 spiro atoms. The molecule has 0 bridgehead atoms. The number of benzene rings is 2. The third-order valence-corrected chi connectivity index (χ3v) is 9.33. The summed E-state index contributed by atoms with van der Waals surface area (Å²) in [5, 5.41) is 3.12. The Kier molecular flexibility index (Phi) is 9.40. The van der Waals surface area contributed by atoms with E-state index in [9.17, 15) is 18.4 Å². The maximum atomic E-state index is 15.0. The number of nitrogens with zero attached hydrogens (tertiary/aromatic N) is 2. The van der Waals surface area contributed by atoms with Crippen LogP contribution in [0.2, 0.25) is 0 Å². The second kappa shape index (κ2) is 12.9. The summed E-state index contributed by atoms with van der Waals surface area (Å²) in [5.41, 5.74) is 3.41. The minimum Gasteiger partial charge on any atom is -0.334 e. The molecule has 0 aromatic heterocycles. The molecule has 236 valence electrons. The molecule has 0 saturated carbocycles. The SMILES string of the molecule is Cc1cccc(F)c1C(=O)N1CCC[C@H](C(=O)Nc2cccc(C(C)(C)C)c2)[C@@H]1C1C=CC(CCN2CCC(F)(F)C2)=CC1. The zero-order valence-corrected chi connectivity index (χ0v) is 26.2. The number of nitrogens with one attached hydrogen (secondary N) is 1. The Bertz CT molecular complexity index is 1420. The summed E-state index contributed by atoms with van der Waals surface area (Å²) < 4.78 is 42.3. The highest BCUT2D eigenvalue weighted by atomic mass is 19.3. The molecule has 44 heavy (non-hydrogen) atoms. The lowest BCUT2D eigenvalue weighted by Gasteiger charge is -2.44. The van der Waals surface area contributed by atoms with Crippen molar-refractivity contribution in [3.63, 3.8) is 0 Å². The van der Waals surface area contributed by atoms with Crippen molar-refractivity contribution in [2.45, 2.75) is 77.2 Å². The van der Waals surface area contributed by atoms with E-state index in [0.717, 1.165) is 11.1 Å². The fourth-order valence-electron chi connectivity index (χ4n) is 6.82. The predicted octanol–water partition coefficient (Wildman–Crippen LogP) is 7.52. The lowest BCUT2D eigenvalue weighted by Crippen LogP contribution is -2.55. The van der Waals surface area contributed by atoms with Crippen molar-refractivity contribution >= 4 is 17.5 Å². The molecule has 3 atom stereocenters. The van der Waals surface area contributed by atoms with Gasteiger partial charge in [0, 0.05) is 37.7 Å². The minimum atomic E-state index is -2.61. The Morgan fingerprint density at radius 1 is 1.09 bits per heavy atom. The predicted molar refractivity (Wildman–Crippen MR) is 168 cm³/mol. The molecule has 1 aliphatic carbocycles. The molecule has 2 fully saturated rings. The largest absolute Gasteiger partial charge is 0.334 e. The monoisotopic (exact) mass is 607 g/mol. The molecule has 3 aliphatic rings. The average Bonchev–Trinajstić information content (AvgIpc) is 3.33. The molecular weight excluding hydrogens is 563 g/mol. The number of hydrogen-bond donors (Lipinski definition) is 1. The molecule has 2 heterocycles. The molecule has 2 aromatic rings. The summed E-state index contributed by atoms with van der Waals surface area (Å²) in [4.78, 5) is 31.5. The third-order valence-electron chi connectivity index (χ3n) is 9.33. The van der Waals surface area contributed by atoms with Crippen molar-refractivity contribution in [2.75, 3.05) is 31.5 Å². The van der Waals surface area contributed by atoms with Crippen LogP contribution in [0.15, 0.2) is 66.3 Å². The van der Waals surface area contributed by atoms with Gasteiger partial charge in [0.15, 0.2) is 0 Å². The van der Waals surface area contributed by atoms with Crippen LogP contribution in [0.1, 0.15) is 74.4 Å². The van der Waals surface area contributed by atoms with E-state index in [2.05, 4.69) is 38.2 Å². The summed E-state index contributed by atoms with van der Waals surface area (Å²) in [5.74, 6) is -4.36. The molecule has 1 unspecified atom stereocenters. The van der Waals surface area contributed by atoms with E-state index < -0.39 is 29.6 Å². The Morgan fingerprint density at radius 2 is 1.86 bits per heavy atom. The van der Waals surface area contributed by atoms with Gasteiger partial charge in [-0.2, -0.15) is 0 Å². The first kappa shape index (κ1) is 32.0. The molecule has 0 radical (unpaired) electrons. The number of allylic oxidation sites excluding steroid dienone is 2. The van der Waals surface area contributed by atoms with Crippen LogP contribution in [-0.2, 0) is 10.2 Å². The van der Waals surface area contributed by atoms with Crippen molar-refractivity contribution in [3.8, 4) is 0 Å². The lowest BCUT2D eigenvalue weighted by molar-refractivity contribution is -0.123. The van der Waals surface area contributed by atoms with Crippen LogP contribution >= 0.6 is 0 Å². The second-order valence-electron chi connectivity index (χ2n) is 13.7. The van der Waals surface area contributed by atoms with Crippen molar-refractivity contribution in [3.05, 3.63) is 88.8 Å². The van der Waals surface area contributed by atoms with Crippen LogP contribution in [0.5, 0.6) is 0 Å². The van der Waals surface area contributed by atoms with Gasteiger partial charge in [-0.15, -0.1) is 0 Å². The minimum absolute atomic E-state index is 0.0508. The molecule has 2 amide bonds. The molecule has 5 rings (SSSR count). The van der Waals surface area contributed by atoms with E-state index >= 15 is 4.39 Å². The zero-order valence-electron chi connectivity index (χ0n) is 26.2. The Labute approximate surface area is 259 Å². The van der Waals surface area contributed by atoms with E-state index in [4.69, 9.17) is 0 Å². The van der Waals surface area contributed by atoms with Gasteiger partial charge in [-0.1, -0.05) is 68.8 Å². The quantitative estimate of drug-likeness (QED) is 0.354. The second-order valence-corrected chi connectivity index (χ2v) is 13.7. The standard InChI is InChI=1S/C36H44F3N3O2/c1-24-8-5-12-30(37)31(24)34(44)42-19-7-11-29(33(43)40-28-10-6-9-27(22-28)35(2,3)4)32(42)26-15-13-25(14-16-26)17-20-41-21-18-36(38,39)23-41/h5-6,8-10,12-15,22,26,29,32H,7,11,16-21,23H2,1-4H3,(H,40,43)/t26?,29-,32-/m0/s1. The number of rotatable bonds is 7. The van der Waals surface area contributed by atoms with Crippen LogP contribution in [-0.4, -0.2) is 59.8 Å². The van der Waals surface area contributed by atoms with Gasteiger partial charge >= 0.3 is 0 Å². The summed E-state index contributed by atoms with van der Waals surface area (Å²) in [6.45, 7) is 9.30. The van der Waals surface area contributed by atoms with Crippen molar-refractivity contribution in [1.29, 1.82) is 0 Å². The number of halogens is 3. The summed E-state index contributed by atoms with van der Waals surface area (Å²) in [6, 6.07) is 12.0. The number of alkyl halides is 2. The molecule has 2 aromatic carbocycles. The van der Waals surface area contributed by atoms with Crippen molar-refractivity contribution < 1.29 is 22.8 Å². The highest BCUT2D eigenvalue weighted by Gasteiger charge is 2.43. The molecule has 5 nitrogen and oxygen atoms in total. The highest BCUT2D eigenvalue weighted by Crippen LogP contribution is 2.37. The maximum absolute atomic E-state index is 15.0. The Hall–Kier alpha value is -3.39. The van der Waals surface area contributed by atoms with Gasteiger partial charge in [0.2, 0.25) is 5.91 Å². The van der Waals surface area contributed by atoms with Gasteiger partial charge in [0.05, 0.1) is 24.1 Å². The average molecular weight is 608 g/mol. The van der Waals surface area contributed by atoms with Gasteiger partial charge in [0.1, 0.15) is 5.82 Å². The number of amides is 2. The normalized spacial score (nSPS) is 23.8. The summed E-state index contributed by atoms with van der Waals surface area (Å²) >= 11 is 0. The highest BCUT2D eigenvalue weighted by molar-refractivity contribution is 5.98. The number of carbonyl (C=O) groups is 2. The fourth-order valence-corrected chi connectivity index (χ4v) is 6.82. The number of hydrogen-bond acceptors (Lipinski definition) is 3. The van der Waals surface area contributed by atoms with E-state index in [0.29, 0.717) is 56.6 Å². The van der Waals surface area contributed by atoms with Crippen LogP contribution < -0.4 is 5.32 Å². The van der Waals surface area contributed by atoms with E-state index in [1.54, 1.807) is 28.9 Å². The zero-order chi connectivity index (χ0) is 31.6. The topological polar surface area (TPSA) is 52.7 Å². The first-order valence-corrected chi connectivity index (χ1v) is 15.8. The molecule has 2 saturated heterocycles.